The van der Waals surface area contributed by atoms with E-state index in [0.29, 0.717) is 25.0 Å². The molecule has 0 saturated heterocycles. The molecule has 0 fully saturated rings. The Morgan fingerprint density at radius 1 is 1.05 bits per heavy atom. The average molecular weight is 307 g/mol. The van der Waals surface area contributed by atoms with E-state index in [-0.39, 0.29) is 18.6 Å². The van der Waals surface area contributed by atoms with E-state index >= 15 is 0 Å². The number of methoxy groups -OCH3 is 1. The number of nitrogens with one attached hydrogen (secondary N) is 1. The van der Waals surface area contributed by atoms with Gasteiger partial charge in [-0.2, -0.15) is 0 Å². The van der Waals surface area contributed by atoms with Gasteiger partial charge in [-0.05, 0) is 23.0 Å². The molecule has 0 aromatic heterocycles. The van der Waals surface area contributed by atoms with Crippen LogP contribution in [0.4, 0.5) is 0 Å². The fourth-order valence-corrected chi connectivity index (χ4v) is 2.25. The third-order valence-electron chi connectivity index (χ3n) is 3.61. The van der Waals surface area contributed by atoms with Crippen LogP contribution in [0.3, 0.4) is 0 Å². The number of amides is 1. The molecular weight excluding hydrogens is 278 g/mol. The predicted molar refractivity (Wildman–Crippen MR) is 88.9 cm³/mol. The molecule has 0 spiro atoms. The van der Waals surface area contributed by atoms with Gasteiger partial charge in [-0.1, -0.05) is 52.0 Å². The first kappa shape index (κ1) is 18.7. The van der Waals surface area contributed by atoms with Gasteiger partial charge in [0.25, 0.3) is 0 Å². The number of rotatable bonds is 9. The second-order valence-electron chi connectivity index (χ2n) is 6.16. The van der Waals surface area contributed by atoms with Crippen molar-refractivity contribution in [2.75, 3.05) is 26.9 Å². The summed E-state index contributed by atoms with van der Waals surface area (Å²) in [4.78, 5) is 12.0. The van der Waals surface area contributed by atoms with Gasteiger partial charge < -0.3 is 14.8 Å². The highest BCUT2D eigenvalue weighted by molar-refractivity contribution is 5.77. The predicted octanol–water partition coefficient (Wildman–Crippen LogP) is 3.29. The number of benzene rings is 1. The largest absolute Gasteiger partial charge is 0.382 e. The summed E-state index contributed by atoms with van der Waals surface area (Å²) in [5.41, 5.74) is 2.44. The SMILES string of the molecule is COCCOCC(=O)NC(c1ccc(C(C)C)cc1)C(C)C. The molecule has 4 heteroatoms. The highest BCUT2D eigenvalue weighted by atomic mass is 16.5. The van der Waals surface area contributed by atoms with Crippen molar-refractivity contribution in [3.63, 3.8) is 0 Å². The lowest BCUT2D eigenvalue weighted by atomic mass is 9.93. The van der Waals surface area contributed by atoms with Crippen molar-refractivity contribution in [1.82, 2.24) is 5.32 Å². The number of carbonyl (C=O) groups is 1. The summed E-state index contributed by atoms with van der Waals surface area (Å²) in [6, 6.07) is 8.48. The van der Waals surface area contributed by atoms with Gasteiger partial charge in [0.15, 0.2) is 0 Å². The zero-order valence-electron chi connectivity index (χ0n) is 14.4. The monoisotopic (exact) mass is 307 g/mol. The molecule has 1 atom stereocenters. The van der Waals surface area contributed by atoms with Crippen LogP contribution in [-0.2, 0) is 14.3 Å². The van der Waals surface area contributed by atoms with Crippen LogP contribution in [0.15, 0.2) is 24.3 Å². The molecule has 0 saturated carbocycles. The average Bonchev–Trinajstić information content (AvgIpc) is 2.49. The third-order valence-corrected chi connectivity index (χ3v) is 3.61. The van der Waals surface area contributed by atoms with E-state index in [4.69, 9.17) is 9.47 Å². The summed E-state index contributed by atoms with van der Waals surface area (Å²) in [6.07, 6.45) is 0. The van der Waals surface area contributed by atoms with Crippen molar-refractivity contribution >= 4 is 5.91 Å². The zero-order chi connectivity index (χ0) is 16.5. The van der Waals surface area contributed by atoms with Gasteiger partial charge in [0.1, 0.15) is 6.61 Å². The second-order valence-corrected chi connectivity index (χ2v) is 6.16. The first-order chi connectivity index (χ1) is 10.5. The van der Waals surface area contributed by atoms with E-state index in [2.05, 4.69) is 57.3 Å². The summed E-state index contributed by atoms with van der Waals surface area (Å²) in [5, 5.41) is 3.05. The maximum absolute atomic E-state index is 12.0. The van der Waals surface area contributed by atoms with Gasteiger partial charge in [-0.15, -0.1) is 0 Å². The highest BCUT2D eigenvalue weighted by Crippen LogP contribution is 2.24. The number of hydrogen-bond acceptors (Lipinski definition) is 3. The first-order valence-corrected chi connectivity index (χ1v) is 7.91. The van der Waals surface area contributed by atoms with Crippen LogP contribution < -0.4 is 5.32 Å². The molecule has 0 heterocycles. The van der Waals surface area contributed by atoms with Crippen molar-refractivity contribution in [2.24, 2.45) is 5.92 Å². The van der Waals surface area contributed by atoms with E-state index in [9.17, 15) is 4.79 Å². The van der Waals surface area contributed by atoms with Crippen LogP contribution in [0.2, 0.25) is 0 Å². The molecule has 0 aliphatic rings. The van der Waals surface area contributed by atoms with Gasteiger partial charge in [-0.3, -0.25) is 4.79 Å². The molecule has 0 aliphatic carbocycles. The van der Waals surface area contributed by atoms with E-state index in [1.54, 1.807) is 7.11 Å². The topological polar surface area (TPSA) is 47.6 Å². The molecule has 1 amide bonds. The molecule has 4 nitrogen and oxygen atoms in total. The van der Waals surface area contributed by atoms with Crippen molar-refractivity contribution in [3.05, 3.63) is 35.4 Å². The Bertz CT molecular complexity index is 440. The molecular formula is C18H29NO3. The summed E-state index contributed by atoms with van der Waals surface area (Å²) in [5.74, 6) is 0.728. The van der Waals surface area contributed by atoms with Crippen molar-refractivity contribution in [3.8, 4) is 0 Å². The second kappa shape index (κ2) is 9.59. The molecule has 1 aromatic carbocycles. The Labute approximate surface area is 134 Å². The standard InChI is InChI=1S/C18H29NO3/c1-13(2)15-6-8-16(9-7-15)18(14(3)4)19-17(20)12-22-11-10-21-5/h6-9,13-14,18H,10-12H2,1-5H3,(H,19,20). The Hall–Kier alpha value is -1.39. The first-order valence-electron chi connectivity index (χ1n) is 7.91. The van der Waals surface area contributed by atoms with Crippen molar-refractivity contribution < 1.29 is 14.3 Å². The molecule has 1 unspecified atom stereocenters. The molecule has 1 N–H and O–H groups in total. The minimum Gasteiger partial charge on any atom is -0.382 e. The number of ether oxygens (including phenoxy) is 2. The summed E-state index contributed by atoms with van der Waals surface area (Å²) >= 11 is 0. The zero-order valence-corrected chi connectivity index (χ0v) is 14.4. The van der Waals surface area contributed by atoms with E-state index < -0.39 is 0 Å². The molecule has 22 heavy (non-hydrogen) atoms. The van der Waals surface area contributed by atoms with Crippen LogP contribution in [0.5, 0.6) is 0 Å². The highest BCUT2D eigenvalue weighted by Gasteiger charge is 2.18. The Balaban J connectivity index is 2.63. The lowest BCUT2D eigenvalue weighted by Gasteiger charge is -2.23. The fraction of sp³-hybridized carbons (Fsp3) is 0.611. The van der Waals surface area contributed by atoms with Gasteiger partial charge in [0, 0.05) is 7.11 Å². The minimum atomic E-state index is -0.0947. The van der Waals surface area contributed by atoms with Gasteiger partial charge in [0.05, 0.1) is 19.3 Å². The van der Waals surface area contributed by atoms with Crippen molar-refractivity contribution in [1.29, 1.82) is 0 Å². The smallest absolute Gasteiger partial charge is 0.246 e. The normalized spacial score (nSPS) is 12.7. The molecule has 1 aromatic rings. The molecule has 0 radical (unpaired) electrons. The molecule has 0 aliphatic heterocycles. The van der Waals surface area contributed by atoms with Crippen molar-refractivity contribution in [2.45, 2.75) is 39.7 Å². The Kier molecular flexibility index (Phi) is 8.13. The summed E-state index contributed by atoms with van der Waals surface area (Å²) in [7, 11) is 1.61. The van der Waals surface area contributed by atoms with Crippen LogP contribution in [0.25, 0.3) is 0 Å². The van der Waals surface area contributed by atoms with Crippen LogP contribution in [0.1, 0.15) is 50.8 Å². The lowest BCUT2D eigenvalue weighted by Crippen LogP contribution is -2.34. The Morgan fingerprint density at radius 3 is 2.14 bits per heavy atom. The molecule has 1 rings (SSSR count). The van der Waals surface area contributed by atoms with Gasteiger partial charge in [0.2, 0.25) is 5.91 Å². The maximum atomic E-state index is 12.0. The Morgan fingerprint density at radius 2 is 1.64 bits per heavy atom. The summed E-state index contributed by atoms with van der Waals surface area (Å²) < 4.78 is 10.2. The van der Waals surface area contributed by atoms with Gasteiger partial charge in [-0.25, -0.2) is 0 Å². The number of carbonyl (C=O) groups excluding carboxylic acids is 1. The van der Waals surface area contributed by atoms with Crippen LogP contribution in [-0.4, -0.2) is 32.8 Å². The van der Waals surface area contributed by atoms with Gasteiger partial charge >= 0.3 is 0 Å². The van der Waals surface area contributed by atoms with Crippen LogP contribution in [0, 0.1) is 5.92 Å². The molecule has 124 valence electrons. The summed E-state index contributed by atoms with van der Waals surface area (Å²) in [6.45, 7) is 9.55. The van der Waals surface area contributed by atoms with Crippen LogP contribution >= 0.6 is 0 Å². The fourth-order valence-electron chi connectivity index (χ4n) is 2.25. The minimum absolute atomic E-state index is 0.000243. The van der Waals surface area contributed by atoms with E-state index in [1.807, 2.05) is 0 Å². The molecule has 0 bridgehead atoms. The third kappa shape index (κ3) is 6.16. The quantitative estimate of drug-likeness (QED) is 0.712. The number of hydrogen-bond donors (Lipinski definition) is 1. The maximum Gasteiger partial charge on any atom is 0.246 e. The lowest BCUT2D eigenvalue weighted by molar-refractivity contribution is -0.127. The van der Waals surface area contributed by atoms with E-state index in [1.165, 1.54) is 5.56 Å². The van der Waals surface area contributed by atoms with E-state index in [0.717, 1.165) is 5.56 Å².